The lowest BCUT2D eigenvalue weighted by molar-refractivity contribution is 0.328. The van der Waals surface area contributed by atoms with E-state index in [0.29, 0.717) is 6.54 Å². The van der Waals surface area contributed by atoms with E-state index in [9.17, 15) is 0 Å². The Bertz CT molecular complexity index is 520. The van der Waals surface area contributed by atoms with E-state index in [1.807, 2.05) is 24.3 Å². The van der Waals surface area contributed by atoms with E-state index in [2.05, 4.69) is 21.9 Å². The molecule has 0 bridgehead atoms. The second-order valence-electron chi connectivity index (χ2n) is 3.82. The van der Waals surface area contributed by atoms with Crippen molar-refractivity contribution in [2.24, 2.45) is 0 Å². The summed E-state index contributed by atoms with van der Waals surface area (Å²) in [6.07, 6.45) is 2.28. The average molecular weight is 229 g/mol. The van der Waals surface area contributed by atoms with Crippen molar-refractivity contribution in [2.45, 2.75) is 6.42 Å². The summed E-state index contributed by atoms with van der Waals surface area (Å²) in [5.74, 6) is 0.821. The van der Waals surface area contributed by atoms with Gasteiger partial charge >= 0.3 is 0 Å². The van der Waals surface area contributed by atoms with E-state index >= 15 is 0 Å². The Morgan fingerprint density at radius 1 is 1.29 bits per heavy atom. The van der Waals surface area contributed by atoms with Crippen LogP contribution in [0.3, 0.4) is 0 Å². The standard InChI is InChI=1S/C13H15N3O/c1-10(8-17)6-7-14-13-11-4-2-3-5-12(11)15-9-16-13/h2-5,9,17H,1,6-8H2,(H,14,15,16). The number of aromatic nitrogens is 2. The van der Waals surface area contributed by atoms with E-state index in [4.69, 9.17) is 5.11 Å². The SMILES string of the molecule is C=C(CO)CCNc1ncnc2ccccc12. The molecule has 4 nitrogen and oxygen atoms in total. The van der Waals surface area contributed by atoms with Crippen molar-refractivity contribution in [1.82, 2.24) is 9.97 Å². The highest BCUT2D eigenvalue weighted by atomic mass is 16.3. The van der Waals surface area contributed by atoms with Crippen LogP contribution in [-0.4, -0.2) is 28.2 Å². The minimum absolute atomic E-state index is 0.0339. The van der Waals surface area contributed by atoms with E-state index in [0.717, 1.165) is 28.7 Å². The highest BCUT2D eigenvalue weighted by Crippen LogP contribution is 2.18. The Kier molecular flexibility index (Phi) is 3.67. The molecule has 1 heterocycles. The van der Waals surface area contributed by atoms with Crippen molar-refractivity contribution in [2.75, 3.05) is 18.5 Å². The zero-order chi connectivity index (χ0) is 12.1. The molecule has 0 amide bonds. The van der Waals surface area contributed by atoms with Crippen molar-refractivity contribution >= 4 is 16.7 Å². The topological polar surface area (TPSA) is 58.0 Å². The van der Waals surface area contributed by atoms with Crippen molar-refractivity contribution in [3.63, 3.8) is 0 Å². The van der Waals surface area contributed by atoms with Gasteiger partial charge in [-0.2, -0.15) is 0 Å². The highest BCUT2D eigenvalue weighted by molar-refractivity contribution is 5.88. The minimum Gasteiger partial charge on any atom is -0.392 e. The summed E-state index contributed by atoms with van der Waals surface area (Å²) in [5, 5.41) is 13.1. The Balaban J connectivity index is 2.11. The molecular weight excluding hydrogens is 214 g/mol. The molecule has 0 atom stereocenters. The summed E-state index contributed by atoms with van der Waals surface area (Å²) in [6, 6.07) is 7.85. The molecule has 0 aliphatic heterocycles. The Morgan fingerprint density at radius 2 is 2.12 bits per heavy atom. The maximum atomic E-state index is 8.85. The number of hydrogen-bond donors (Lipinski definition) is 2. The molecule has 0 radical (unpaired) electrons. The number of benzene rings is 1. The molecule has 88 valence electrons. The molecule has 0 saturated heterocycles. The summed E-state index contributed by atoms with van der Waals surface area (Å²) < 4.78 is 0. The van der Waals surface area contributed by atoms with Crippen LogP contribution in [0.2, 0.25) is 0 Å². The van der Waals surface area contributed by atoms with Gasteiger partial charge in [-0.1, -0.05) is 24.3 Å². The normalized spacial score (nSPS) is 10.4. The van der Waals surface area contributed by atoms with Crippen molar-refractivity contribution < 1.29 is 5.11 Å². The smallest absolute Gasteiger partial charge is 0.137 e. The third-order valence-electron chi connectivity index (χ3n) is 2.54. The predicted octanol–water partition coefficient (Wildman–Crippen LogP) is 1.98. The minimum atomic E-state index is 0.0339. The van der Waals surface area contributed by atoms with Gasteiger partial charge < -0.3 is 10.4 Å². The first kappa shape index (κ1) is 11.5. The average Bonchev–Trinajstić information content (AvgIpc) is 2.39. The van der Waals surface area contributed by atoms with Crippen molar-refractivity contribution in [1.29, 1.82) is 0 Å². The second kappa shape index (κ2) is 5.41. The highest BCUT2D eigenvalue weighted by Gasteiger charge is 2.01. The number of aliphatic hydroxyl groups is 1. The lowest BCUT2D eigenvalue weighted by Crippen LogP contribution is -2.06. The summed E-state index contributed by atoms with van der Waals surface area (Å²) in [7, 11) is 0. The van der Waals surface area contributed by atoms with Gasteiger partial charge in [-0.3, -0.25) is 0 Å². The Labute approximate surface area is 100 Å². The third kappa shape index (κ3) is 2.79. The molecule has 1 aromatic carbocycles. The molecule has 0 saturated carbocycles. The first-order valence-corrected chi connectivity index (χ1v) is 5.52. The summed E-state index contributed by atoms with van der Waals surface area (Å²) in [4.78, 5) is 8.41. The first-order chi connectivity index (χ1) is 8.31. The Morgan fingerprint density at radius 3 is 2.94 bits per heavy atom. The fourth-order valence-electron chi connectivity index (χ4n) is 1.58. The molecule has 17 heavy (non-hydrogen) atoms. The van der Waals surface area contributed by atoms with Gasteiger partial charge in [0, 0.05) is 11.9 Å². The zero-order valence-corrected chi connectivity index (χ0v) is 9.56. The zero-order valence-electron chi connectivity index (χ0n) is 9.56. The van der Waals surface area contributed by atoms with Gasteiger partial charge in [-0.05, 0) is 18.6 Å². The number of aliphatic hydroxyl groups excluding tert-OH is 1. The van der Waals surface area contributed by atoms with E-state index in [-0.39, 0.29) is 6.61 Å². The number of anilines is 1. The van der Waals surface area contributed by atoms with Crippen molar-refractivity contribution in [3.05, 3.63) is 42.7 Å². The van der Waals surface area contributed by atoms with Crippen LogP contribution in [0.15, 0.2) is 42.7 Å². The molecule has 2 N–H and O–H groups in total. The fourth-order valence-corrected chi connectivity index (χ4v) is 1.58. The molecule has 0 aliphatic carbocycles. The lowest BCUT2D eigenvalue weighted by atomic mass is 10.2. The Hall–Kier alpha value is -1.94. The van der Waals surface area contributed by atoms with E-state index in [1.54, 1.807) is 6.33 Å². The van der Waals surface area contributed by atoms with Crippen LogP contribution in [-0.2, 0) is 0 Å². The van der Waals surface area contributed by atoms with Gasteiger partial charge in [0.15, 0.2) is 0 Å². The number of para-hydroxylation sites is 1. The molecule has 0 aliphatic rings. The van der Waals surface area contributed by atoms with Crippen LogP contribution in [0.5, 0.6) is 0 Å². The maximum absolute atomic E-state index is 8.85. The quantitative estimate of drug-likeness (QED) is 0.770. The molecule has 2 aromatic rings. The van der Waals surface area contributed by atoms with Gasteiger partial charge in [-0.15, -0.1) is 0 Å². The molecule has 4 heteroatoms. The van der Waals surface area contributed by atoms with E-state index in [1.165, 1.54) is 0 Å². The van der Waals surface area contributed by atoms with Gasteiger partial charge in [-0.25, -0.2) is 9.97 Å². The summed E-state index contributed by atoms with van der Waals surface area (Å²) in [5.41, 5.74) is 1.74. The number of hydrogen-bond acceptors (Lipinski definition) is 4. The third-order valence-corrected chi connectivity index (χ3v) is 2.54. The number of fused-ring (bicyclic) bond motifs is 1. The number of nitrogens with zero attached hydrogens (tertiary/aromatic N) is 2. The van der Waals surface area contributed by atoms with Gasteiger partial charge in [0.1, 0.15) is 12.1 Å². The van der Waals surface area contributed by atoms with Crippen LogP contribution in [0.4, 0.5) is 5.82 Å². The van der Waals surface area contributed by atoms with Crippen molar-refractivity contribution in [3.8, 4) is 0 Å². The predicted molar refractivity (Wildman–Crippen MR) is 68.9 cm³/mol. The molecular formula is C13H15N3O. The number of nitrogens with one attached hydrogen (secondary N) is 1. The molecule has 0 fully saturated rings. The maximum Gasteiger partial charge on any atom is 0.137 e. The summed E-state index contributed by atoms with van der Waals surface area (Å²) >= 11 is 0. The van der Waals surface area contributed by atoms with Crippen LogP contribution in [0, 0.1) is 0 Å². The fraction of sp³-hybridized carbons (Fsp3) is 0.231. The second-order valence-corrected chi connectivity index (χ2v) is 3.82. The summed E-state index contributed by atoms with van der Waals surface area (Å²) in [6.45, 7) is 4.49. The van der Waals surface area contributed by atoms with Gasteiger partial charge in [0.2, 0.25) is 0 Å². The van der Waals surface area contributed by atoms with Crippen LogP contribution >= 0.6 is 0 Å². The largest absolute Gasteiger partial charge is 0.392 e. The van der Waals surface area contributed by atoms with Gasteiger partial charge in [0.05, 0.1) is 12.1 Å². The molecule has 0 unspecified atom stereocenters. The molecule has 1 aromatic heterocycles. The monoisotopic (exact) mass is 229 g/mol. The van der Waals surface area contributed by atoms with Crippen LogP contribution in [0.25, 0.3) is 10.9 Å². The van der Waals surface area contributed by atoms with Crippen LogP contribution in [0.1, 0.15) is 6.42 Å². The molecule has 2 rings (SSSR count). The lowest BCUT2D eigenvalue weighted by Gasteiger charge is -2.08. The number of rotatable bonds is 5. The first-order valence-electron chi connectivity index (χ1n) is 5.52. The van der Waals surface area contributed by atoms with Crippen LogP contribution < -0.4 is 5.32 Å². The molecule has 0 spiro atoms. The van der Waals surface area contributed by atoms with Gasteiger partial charge in [0.25, 0.3) is 0 Å². The van der Waals surface area contributed by atoms with E-state index < -0.39 is 0 Å².